The molecule has 0 saturated carbocycles. The van der Waals surface area contributed by atoms with Gasteiger partial charge in [0.15, 0.2) is 11.5 Å². The molecular formula is C15H12Br2FNO2. The van der Waals surface area contributed by atoms with Crippen molar-refractivity contribution < 1.29 is 13.9 Å². The molecule has 3 nitrogen and oxygen atoms in total. The van der Waals surface area contributed by atoms with Crippen molar-refractivity contribution in [2.45, 2.75) is 6.04 Å². The zero-order valence-corrected chi connectivity index (χ0v) is 14.1. The number of nitrogens with two attached hydrogens (primary N) is 1. The number of hydrogen-bond donors (Lipinski definition) is 1. The van der Waals surface area contributed by atoms with E-state index in [4.69, 9.17) is 15.2 Å². The number of hydrogen-bond acceptors (Lipinski definition) is 3. The summed E-state index contributed by atoms with van der Waals surface area (Å²) in [7, 11) is 0. The molecule has 1 heterocycles. The molecule has 6 heteroatoms. The summed E-state index contributed by atoms with van der Waals surface area (Å²) in [5.41, 5.74) is 7.40. The number of benzene rings is 2. The van der Waals surface area contributed by atoms with Crippen LogP contribution >= 0.6 is 31.9 Å². The molecule has 0 radical (unpaired) electrons. The summed E-state index contributed by atoms with van der Waals surface area (Å²) in [5, 5.41) is 0. The number of fused-ring (bicyclic) bond motifs is 1. The first kappa shape index (κ1) is 14.8. The first-order chi connectivity index (χ1) is 10.1. The summed E-state index contributed by atoms with van der Waals surface area (Å²) in [6, 6.07) is 7.85. The third kappa shape index (κ3) is 2.93. The second-order valence-electron chi connectivity index (χ2n) is 4.66. The first-order valence-electron chi connectivity index (χ1n) is 6.36. The van der Waals surface area contributed by atoms with Crippen molar-refractivity contribution in [1.82, 2.24) is 0 Å². The van der Waals surface area contributed by atoms with Crippen molar-refractivity contribution in [2.24, 2.45) is 5.73 Å². The van der Waals surface area contributed by atoms with Crippen LogP contribution in [0.15, 0.2) is 39.3 Å². The predicted octanol–water partition coefficient (Wildman–Crippen LogP) is 4.17. The van der Waals surface area contributed by atoms with E-state index in [0.29, 0.717) is 34.7 Å². The van der Waals surface area contributed by atoms with Crippen LogP contribution in [0.2, 0.25) is 0 Å². The average Bonchev–Trinajstić information content (AvgIpc) is 2.46. The number of halogens is 3. The van der Waals surface area contributed by atoms with Gasteiger partial charge in [-0.05, 0) is 29.8 Å². The molecule has 0 saturated heterocycles. The highest BCUT2D eigenvalue weighted by Crippen LogP contribution is 2.39. The van der Waals surface area contributed by atoms with E-state index in [2.05, 4.69) is 31.9 Å². The molecule has 2 N–H and O–H groups in total. The van der Waals surface area contributed by atoms with Gasteiger partial charge in [0.1, 0.15) is 19.0 Å². The van der Waals surface area contributed by atoms with Gasteiger partial charge in [0.2, 0.25) is 0 Å². The van der Waals surface area contributed by atoms with Crippen LogP contribution in [-0.2, 0) is 0 Å². The minimum Gasteiger partial charge on any atom is -0.486 e. The summed E-state index contributed by atoms with van der Waals surface area (Å²) in [6.07, 6.45) is 0. The van der Waals surface area contributed by atoms with Crippen molar-refractivity contribution >= 4 is 31.9 Å². The van der Waals surface area contributed by atoms with Crippen LogP contribution in [0.5, 0.6) is 11.5 Å². The number of rotatable bonds is 2. The van der Waals surface area contributed by atoms with E-state index in [1.807, 2.05) is 0 Å². The van der Waals surface area contributed by atoms with Crippen LogP contribution in [0.3, 0.4) is 0 Å². The van der Waals surface area contributed by atoms with E-state index in [1.54, 1.807) is 24.3 Å². The topological polar surface area (TPSA) is 44.5 Å². The van der Waals surface area contributed by atoms with Gasteiger partial charge in [-0.15, -0.1) is 0 Å². The lowest BCUT2D eigenvalue weighted by Crippen LogP contribution is -2.18. The van der Waals surface area contributed by atoms with Gasteiger partial charge in [-0.1, -0.05) is 37.9 Å². The largest absolute Gasteiger partial charge is 0.486 e. The predicted molar refractivity (Wildman–Crippen MR) is 85.3 cm³/mol. The molecule has 2 aromatic rings. The molecule has 0 spiro atoms. The Bertz CT molecular complexity index is 694. The van der Waals surface area contributed by atoms with Gasteiger partial charge >= 0.3 is 0 Å². The van der Waals surface area contributed by atoms with E-state index in [1.165, 1.54) is 6.07 Å². The van der Waals surface area contributed by atoms with Crippen molar-refractivity contribution in [2.75, 3.05) is 13.2 Å². The van der Waals surface area contributed by atoms with Crippen molar-refractivity contribution in [3.05, 3.63) is 56.2 Å². The maximum absolute atomic E-state index is 14.1. The van der Waals surface area contributed by atoms with Gasteiger partial charge in [-0.2, -0.15) is 0 Å². The van der Waals surface area contributed by atoms with E-state index in [0.717, 1.165) is 10.0 Å². The summed E-state index contributed by atoms with van der Waals surface area (Å²) in [4.78, 5) is 0. The molecule has 0 aromatic heterocycles. The third-order valence-electron chi connectivity index (χ3n) is 3.29. The van der Waals surface area contributed by atoms with Gasteiger partial charge in [0.05, 0.1) is 6.04 Å². The normalized spacial score (nSPS) is 14.9. The molecule has 0 bridgehead atoms. The minimum atomic E-state index is -0.594. The molecule has 21 heavy (non-hydrogen) atoms. The van der Waals surface area contributed by atoms with Gasteiger partial charge in [-0.25, -0.2) is 4.39 Å². The SMILES string of the molecule is NC(c1ccc(Br)cc1F)c1cc2c(cc1Br)OCCO2. The lowest BCUT2D eigenvalue weighted by Gasteiger charge is -2.22. The highest BCUT2D eigenvalue weighted by Gasteiger charge is 2.21. The Kier molecular flexibility index (Phi) is 4.19. The number of ether oxygens (including phenoxy) is 2. The Morgan fingerprint density at radius 2 is 1.67 bits per heavy atom. The monoisotopic (exact) mass is 415 g/mol. The fourth-order valence-corrected chi connectivity index (χ4v) is 3.14. The van der Waals surface area contributed by atoms with Gasteiger partial charge in [0, 0.05) is 14.5 Å². The Hall–Kier alpha value is -1.11. The average molecular weight is 417 g/mol. The summed E-state index contributed by atoms with van der Waals surface area (Å²) < 4.78 is 26.6. The van der Waals surface area contributed by atoms with Crippen LogP contribution < -0.4 is 15.2 Å². The standard InChI is InChI=1S/C15H12Br2FNO2/c16-8-1-2-9(12(18)5-8)15(19)10-6-13-14(7-11(10)17)21-4-3-20-13/h1-2,5-7,15H,3-4,19H2. The summed E-state index contributed by atoms with van der Waals surface area (Å²) in [5.74, 6) is 0.950. The lowest BCUT2D eigenvalue weighted by atomic mass is 9.98. The Labute approximate surface area is 138 Å². The van der Waals surface area contributed by atoms with Crippen LogP contribution in [0.25, 0.3) is 0 Å². The summed E-state index contributed by atoms with van der Waals surface area (Å²) >= 11 is 6.70. The highest BCUT2D eigenvalue weighted by molar-refractivity contribution is 9.10. The molecule has 1 aliphatic rings. The fraction of sp³-hybridized carbons (Fsp3) is 0.200. The van der Waals surface area contributed by atoms with Crippen LogP contribution in [0.4, 0.5) is 4.39 Å². The molecule has 110 valence electrons. The lowest BCUT2D eigenvalue weighted by molar-refractivity contribution is 0.171. The quantitative estimate of drug-likeness (QED) is 0.798. The molecule has 3 rings (SSSR count). The molecule has 0 aliphatic carbocycles. The third-order valence-corrected chi connectivity index (χ3v) is 4.47. The van der Waals surface area contributed by atoms with Crippen molar-refractivity contribution in [1.29, 1.82) is 0 Å². The zero-order chi connectivity index (χ0) is 15.0. The van der Waals surface area contributed by atoms with E-state index < -0.39 is 6.04 Å². The molecule has 1 atom stereocenters. The molecular weight excluding hydrogens is 405 g/mol. The van der Waals surface area contributed by atoms with Crippen LogP contribution in [0.1, 0.15) is 17.2 Å². The second kappa shape index (κ2) is 5.94. The van der Waals surface area contributed by atoms with Crippen molar-refractivity contribution in [3.63, 3.8) is 0 Å². The molecule has 1 unspecified atom stereocenters. The minimum absolute atomic E-state index is 0.348. The van der Waals surface area contributed by atoms with Crippen LogP contribution in [0, 0.1) is 5.82 Å². The van der Waals surface area contributed by atoms with Crippen molar-refractivity contribution in [3.8, 4) is 11.5 Å². The Balaban J connectivity index is 2.03. The zero-order valence-electron chi connectivity index (χ0n) is 10.9. The van der Waals surface area contributed by atoms with Crippen LogP contribution in [-0.4, -0.2) is 13.2 Å². The highest BCUT2D eigenvalue weighted by atomic mass is 79.9. The Morgan fingerprint density at radius 1 is 1.00 bits per heavy atom. The maximum Gasteiger partial charge on any atom is 0.162 e. The summed E-state index contributed by atoms with van der Waals surface area (Å²) in [6.45, 7) is 1.02. The molecule has 0 amide bonds. The first-order valence-corrected chi connectivity index (χ1v) is 7.94. The molecule has 0 fully saturated rings. The van der Waals surface area contributed by atoms with Gasteiger partial charge < -0.3 is 15.2 Å². The fourth-order valence-electron chi connectivity index (χ4n) is 2.24. The second-order valence-corrected chi connectivity index (χ2v) is 6.43. The van der Waals surface area contributed by atoms with E-state index in [-0.39, 0.29) is 5.82 Å². The van der Waals surface area contributed by atoms with Gasteiger partial charge in [-0.3, -0.25) is 0 Å². The molecule has 2 aromatic carbocycles. The smallest absolute Gasteiger partial charge is 0.162 e. The maximum atomic E-state index is 14.1. The Morgan fingerprint density at radius 3 is 2.33 bits per heavy atom. The van der Waals surface area contributed by atoms with E-state index >= 15 is 0 Å². The van der Waals surface area contributed by atoms with Gasteiger partial charge in [0.25, 0.3) is 0 Å². The molecule has 1 aliphatic heterocycles. The van der Waals surface area contributed by atoms with E-state index in [9.17, 15) is 4.39 Å².